The fourth-order valence-corrected chi connectivity index (χ4v) is 1.95. The molecule has 0 amide bonds. The van der Waals surface area contributed by atoms with E-state index in [9.17, 15) is 4.79 Å². The van der Waals surface area contributed by atoms with E-state index < -0.39 is 0 Å². The number of benzene rings is 1. The van der Waals surface area contributed by atoms with Gasteiger partial charge in [-0.1, -0.05) is 58.4 Å². The molecule has 0 radical (unpaired) electrons. The third kappa shape index (κ3) is 4.72. The number of hydrogen-bond acceptors (Lipinski definition) is 1. The molecule has 0 spiro atoms. The third-order valence-corrected chi connectivity index (χ3v) is 2.81. The van der Waals surface area contributed by atoms with Crippen molar-refractivity contribution < 1.29 is 4.79 Å². The van der Waals surface area contributed by atoms with E-state index >= 15 is 0 Å². The Bertz CT molecular complexity index is 371. The zero-order valence-corrected chi connectivity index (χ0v) is 11.5. The maximum Gasteiger partial charge on any atom is 0.163 e. The van der Waals surface area contributed by atoms with E-state index in [1.165, 1.54) is 12.0 Å². The number of unbranched alkanes of at least 4 members (excludes halogenated alkanes) is 1. The molecule has 0 aromatic heterocycles. The Labute approximate surface area is 105 Å². The summed E-state index contributed by atoms with van der Waals surface area (Å²) >= 11 is 0. The van der Waals surface area contributed by atoms with Crippen LogP contribution in [-0.4, -0.2) is 5.78 Å². The van der Waals surface area contributed by atoms with Crippen molar-refractivity contribution in [2.24, 2.45) is 5.41 Å². The first-order valence-corrected chi connectivity index (χ1v) is 6.55. The molecule has 0 fully saturated rings. The van der Waals surface area contributed by atoms with E-state index in [1.54, 1.807) is 0 Å². The van der Waals surface area contributed by atoms with Gasteiger partial charge >= 0.3 is 0 Å². The monoisotopic (exact) mass is 232 g/mol. The third-order valence-electron chi connectivity index (χ3n) is 2.81. The maximum absolute atomic E-state index is 12.2. The molecule has 0 aliphatic rings. The highest BCUT2D eigenvalue weighted by Gasteiger charge is 2.18. The SMILES string of the molecule is CCCCc1ccccc1C(=O)CC(C)(C)C. The number of carbonyl (C=O) groups excluding carboxylic acids is 1. The molecular formula is C16H24O. The van der Waals surface area contributed by atoms with Gasteiger partial charge in [-0.15, -0.1) is 0 Å². The molecule has 1 nitrogen and oxygen atoms in total. The van der Waals surface area contributed by atoms with Crippen molar-refractivity contribution in [1.82, 2.24) is 0 Å². The lowest BCUT2D eigenvalue weighted by Gasteiger charge is -2.18. The Morgan fingerprint density at radius 1 is 1.18 bits per heavy atom. The summed E-state index contributed by atoms with van der Waals surface area (Å²) in [6, 6.07) is 8.05. The summed E-state index contributed by atoms with van der Waals surface area (Å²) in [5.41, 5.74) is 2.20. The number of ketones is 1. The molecule has 1 heteroatoms. The fraction of sp³-hybridized carbons (Fsp3) is 0.562. The van der Waals surface area contributed by atoms with Crippen molar-refractivity contribution in [3.8, 4) is 0 Å². The molecule has 0 atom stereocenters. The van der Waals surface area contributed by atoms with Gasteiger partial charge in [0.1, 0.15) is 0 Å². The summed E-state index contributed by atoms with van der Waals surface area (Å²) in [4.78, 5) is 12.2. The van der Waals surface area contributed by atoms with Crippen LogP contribution in [0.2, 0.25) is 0 Å². The van der Waals surface area contributed by atoms with Crippen LogP contribution in [0.3, 0.4) is 0 Å². The first-order chi connectivity index (χ1) is 7.94. The van der Waals surface area contributed by atoms with Crippen LogP contribution >= 0.6 is 0 Å². The number of hydrogen-bond donors (Lipinski definition) is 0. The number of carbonyl (C=O) groups is 1. The van der Waals surface area contributed by atoms with Gasteiger partial charge in [0.2, 0.25) is 0 Å². The molecule has 0 saturated carbocycles. The van der Waals surface area contributed by atoms with Gasteiger partial charge in [-0.2, -0.15) is 0 Å². The number of aryl methyl sites for hydroxylation is 1. The lowest BCUT2D eigenvalue weighted by Crippen LogP contribution is -2.14. The molecule has 0 heterocycles. The lowest BCUT2D eigenvalue weighted by molar-refractivity contribution is 0.0939. The Morgan fingerprint density at radius 3 is 2.41 bits per heavy atom. The Hall–Kier alpha value is -1.11. The minimum atomic E-state index is 0.0644. The van der Waals surface area contributed by atoms with E-state index in [1.807, 2.05) is 18.2 Å². The topological polar surface area (TPSA) is 17.1 Å². The van der Waals surface area contributed by atoms with Crippen LogP contribution in [0.5, 0.6) is 0 Å². The van der Waals surface area contributed by atoms with E-state index in [2.05, 4.69) is 33.8 Å². The summed E-state index contributed by atoms with van der Waals surface area (Å²) in [7, 11) is 0. The van der Waals surface area contributed by atoms with Crippen molar-refractivity contribution in [3.05, 3.63) is 35.4 Å². The van der Waals surface area contributed by atoms with Gasteiger partial charge in [-0.25, -0.2) is 0 Å². The van der Waals surface area contributed by atoms with Crippen molar-refractivity contribution >= 4 is 5.78 Å². The zero-order valence-electron chi connectivity index (χ0n) is 11.5. The number of Topliss-reactive ketones (excluding diaryl/α,β-unsaturated/α-hetero) is 1. The van der Waals surface area contributed by atoms with Gasteiger partial charge < -0.3 is 0 Å². The fourth-order valence-electron chi connectivity index (χ4n) is 1.95. The molecule has 17 heavy (non-hydrogen) atoms. The van der Waals surface area contributed by atoms with Crippen LogP contribution in [0.4, 0.5) is 0 Å². The number of rotatable bonds is 5. The summed E-state index contributed by atoms with van der Waals surface area (Å²) in [6.45, 7) is 8.51. The quantitative estimate of drug-likeness (QED) is 0.675. The second-order valence-electron chi connectivity index (χ2n) is 5.92. The van der Waals surface area contributed by atoms with Crippen molar-refractivity contribution in [2.45, 2.75) is 53.4 Å². The molecule has 0 aliphatic carbocycles. The van der Waals surface area contributed by atoms with Gasteiger partial charge in [-0.05, 0) is 23.8 Å². The first kappa shape index (κ1) is 14.0. The Balaban J connectivity index is 2.85. The molecule has 0 N–H and O–H groups in total. The second-order valence-corrected chi connectivity index (χ2v) is 5.92. The van der Waals surface area contributed by atoms with Crippen LogP contribution < -0.4 is 0 Å². The lowest BCUT2D eigenvalue weighted by atomic mass is 9.86. The van der Waals surface area contributed by atoms with Gasteiger partial charge in [0, 0.05) is 12.0 Å². The van der Waals surface area contributed by atoms with Crippen LogP contribution in [0.1, 0.15) is 62.9 Å². The normalized spacial score (nSPS) is 11.5. The Kier molecular flexibility index (Phi) is 4.92. The van der Waals surface area contributed by atoms with E-state index in [-0.39, 0.29) is 11.2 Å². The summed E-state index contributed by atoms with van der Waals surface area (Å²) in [5.74, 6) is 0.282. The van der Waals surface area contributed by atoms with Crippen molar-refractivity contribution in [1.29, 1.82) is 0 Å². The molecule has 0 aliphatic heterocycles. The average molecular weight is 232 g/mol. The molecule has 0 bridgehead atoms. The van der Waals surface area contributed by atoms with Crippen LogP contribution in [0.25, 0.3) is 0 Å². The summed E-state index contributed by atoms with van der Waals surface area (Å²) in [6.07, 6.45) is 3.96. The van der Waals surface area contributed by atoms with E-state index in [0.29, 0.717) is 6.42 Å². The molecule has 1 rings (SSSR count). The predicted molar refractivity (Wildman–Crippen MR) is 73.5 cm³/mol. The standard InChI is InChI=1S/C16H24O/c1-5-6-9-13-10-7-8-11-14(13)15(17)12-16(2,3)4/h7-8,10-11H,5-6,9,12H2,1-4H3. The summed E-state index contributed by atoms with van der Waals surface area (Å²) < 4.78 is 0. The molecule has 1 aromatic carbocycles. The van der Waals surface area contributed by atoms with Crippen LogP contribution in [0, 0.1) is 5.41 Å². The minimum Gasteiger partial charge on any atom is -0.294 e. The van der Waals surface area contributed by atoms with Crippen molar-refractivity contribution in [2.75, 3.05) is 0 Å². The van der Waals surface area contributed by atoms with Crippen LogP contribution in [0.15, 0.2) is 24.3 Å². The van der Waals surface area contributed by atoms with Gasteiger partial charge in [0.15, 0.2) is 5.78 Å². The van der Waals surface area contributed by atoms with Gasteiger partial charge in [0.25, 0.3) is 0 Å². The van der Waals surface area contributed by atoms with Crippen LogP contribution in [-0.2, 0) is 6.42 Å². The molecule has 1 aromatic rings. The largest absolute Gasteiger partial charge is 0.294 e. The highest BCUT2D eigenvalue weighted by atomic mass is 16.1. The first-order valence-electron chi connectivity index (χ1n) is 6.55. The van der Waals surface area contributed by atoms with Crippen molar-refractivity contribution in [3.63, 3.8) is 0 Å². The molecular weight excluding hydrogens is 208 g/mol. The summed E-state index contributed by atoms with van der Waals surface area (Å²) in [5, 5.41) is 0. The zero-order chi connectivity index (χ0) is 12.9. The molecule has 94 valence electrons. The average Bonchev–Trinajstić information content (AvgIpc) is 2.24. The molecule has 0 saturated heterocycles. The molecule has 0 unspecified atom stereocenters. The van der Waals surface area contributed by atoms with E-state index in [0.717, 1.165) is 18.4 Å². The maximum atomic E-state index is 12.2. The smallest absolute Gasteiger partial charge is 0.163 e. The minimum absolute atomic E-state index is 0.0644. The van der Waals surface area contributed by atoms with E-state index in [4.69, 9.17) is 0 Å². The Morgan fingerprint density at radius 2 is 1.82 bits per heavy atom. The second kappa shape index (κ2) is 6.00. The highest BCUT2D eigenvalue weighted by Crippen LogP contribution is 2.23. The highest BCUT2D eigenvalue weighted by molar-refractivity contribution is 5.97. The predicted octanol–water partition coefficient (Wildman–Crippen LogP) is 4.65. The van der Waals surface area contributed by atoms with Gasteiger partial charge in [0.05, 0.1) is 0 Å². The van der Waals surface area contributed by atoms with Gasteiger partial charge in [-0.3, -0.25) is 4.79 Å².